The number of benzene rings is 1. The number of rotatable bonds is 21. The van der Waals surface area contributed by atoms with Gasteiger partial charge in [-0.2, -0.15) is 0 Å². The first-order valence-corrected chi connectivity index (χ1v) is 13.9. The number of anilines is 1. The van der Waals surface area contributed by atoms with E-state index in [2.05, 4.69) is 9.84 Å². The molecule has 1 amide bonds. The van der Waals surface area contributed by atoms with E-state index in [0.717, 1.165) is 21.9 Å². The summed E-state index contributed by atoms with van der Waals surface area (Å²) in [5.74, 6) is -7.48. The number of carboxylic acid groups (broad SMARTS) is 4. The van der Waals surface area contributed by atoms with E-state index in [1.165, 1.54) is 17.9 Å². The Morgan fingerprint density at radius 2 is 1.19 bits per heavy atom. The summed E-state index contributed by atoms with van der Waals surface area (Å²) in [6.07, 6.45) is 0. The molecule has 0 atom stereocenters. The van der Waals surface area contributed by atoms with Gasteiger partial charge in [0.2, 0.25) is 5.91 Å². The predicted octanol–water partition coefficient (Wildman–Crippen LogP) is -1.48. The minimum atomic E-state index is -5.12. The molecule has 1 aromatic rings. The molecular formula is C23H33N4O15P. The zero-order valence-corrected chi connectivity index (χ0v) is 23.8. The number of phosphoric acid groups is 1. The highest BCUT2D eigenvalue weighted by Crippen LogP contribution is 2.40. The van der Waals surface area contributed by atoms with Crippen LogP contribution in [0.25, 0.3) is 0 Å². The van der Waals surface area contributed by atoms with Crippen LogP contribution in [0.4, 0.5) is 5.69 Å². The number of hydrogen-bond donors (Lipinski definition) is 7. The van der Waals surface area contributed by atoms with E-state index >= 15 is 0 Å². The molecule has 1 aromatic carbocycles. The Bertz CT molecular complexity index is 1210. The number of hydrogen-bond acceptors (Lipinski definition) is 12. The summed E-state index contributed by atoms with van der Waals surface area (Å²) in [4.78, 5) is 91.4. The number of phosphoric ester groups is 1. The third-order valence-electron chi connectivity index (χ3n) is 5.25. The molecule has 20 heteroatoms. The number of nitrogens with zero attached hydrogens (tertiary/aromatic N) is 3. The average molecular weight is 637 g/mol. The molecule has 0 spiro atoms. The van der Waals surface area contributed by atoms with E-state index < -0.39 is 82.0 Å². The third-order valence-corrected chi connectivity index (χ3v) is 5.68. The number of ether oxygens (including phenoxy) is 1. The van der Waals surface area contributed by atoms with E-state index in [-0.39, 0.29) is 44.0 Å². The quantitative estimate of drug-likeness (QED) is 0.0598. The molecule has 1 rings (SSSR count). The average Bonchev–Trinajstić information content (AvgIpc) is 2.83. The Morgan fingerprint density at radius 3 is 1.63 bits per heavy atom. The molecule has 19 nitrogen and oxygen atoms in total. The first kappa shape index (κ1) is 36.9. The second-order valence-corrected chi connectivity index (χ2v) is 10.00. The topological polar surface area (TPSA) is 281 Å². The molecule has 0 radical (unpaired) electrons. The molecule has 0 unspecified atom stereocenters. The molecule has 0 saturated carbocycles. The number of amides is 1. The van der Waals surface area contributed by atoms with Gasteiger partial charge < -0.3 is 35.0 Å². The second-order valence-electron chi connectivity index (χ2n) is 8.83. The summed E-state index contributed by atoms with van der Waals surface area (Å²) in [6, 6.07) is 3.27. The maximum Gasteiger partial charge on any atom is 0.524 e. The molecule has 0 saturated heterocycles. The number of esters is 1. The first-order chi connectivity index (χ1) is 20.0. The fourth-order valence-electron chi connectivity index (χ4n) is 3.61. The third kappa shape index (κ3) is 16.2. The van der Waals surface area contributed by atoms with Gasteiger partial charge in [0.05, 0.1) is 39.3 Å². The standard InChI is InChI=1S/C23H33N4O15P/c1-2-41-23(37)16-4-3-15(9-17(16)42-43(38,39)40)24-18(28)10-26(12-20(31)32)7-5-25(11-19(29)30)6-8-27(13-21(33)34)14-22(35)36/h3-4,9H,2,5-8,10-14H2,1H3,(H,24,28)(H,29,30)(H,31,32)(H,33,34)(H,35,36)(H2,38,39,40). The van der Waals surface area contributed by atoms with Crippen molar-refractivity contribution in [2.24, 2.45) is 0 Å². The fraction of sp³-hybridized carbons (Fsp3) is 0.478. The minimum Gasteiger partial charge on any atom is -0.480 e. The maximum absolute atomic E-state index is 12.7. The Labute approximate surface area is 244 Å². The van der Waals surface area contributed by atoms with Gasteiger partial charge >= 0.3 is 37.7 Å². The van der Waals surface area contributed by atoms with Crippen LogP contribution in [0.3, 0.4) is 0 Å². The van der Waals surface area contributed by atoms with Crippen molar-refractivity contribution in [2.75, 3.05) is 70.8 Å². The Hall–Kier alpha value is -4.13. The highest BCUT2D eigenvalue weighted by Gasteiger charge is 2.24. The smallest absolute Gasteiger partial charge is 0.480 e. The van der Waals surface area contributed by atoms with Crippen LogP contribution in [0.1, 0.15) is 17.3 Å². The molecule has 0 fully saturated rings. The molecular weight excluding hydrogens is 603 g/mol. The normalized spacial score (nSPS) is 11.4. The molecule has 0 aliphatic carbocycles. The van der Waals surface area contributed by atoms with Crippen molar-refractivity contribution >= 4 is 49.3 Å². The molecule has 7 N–H and O–H groups in total. The van der Waals surface area contributed by atoms with E-state index in [4.69, 9.17) is 14.9 Å². The maximum atomic E-state index is 12.7. The second kappa shape index (κ2) is 17.7. The van der Waals surface area contributed by atoms with Crippen molar-refractivity contribution < 1.29 is 72.8 Å². The zero-order valence-electron chi connectivity index (χ0n) is 22.9. The van der Waals surface area contributed by atoms with Crippen molar-refractivity contribution in [3.05, 3.63) is 23.8 Å². The number of aliphatic carboxylic acids is 4. The Balaban J connectivity index is 3.00. The number of carboxylic acids is 4. The van der Waals surface area contributed by atoms with Crippen LogP contribution in [-0.2, 0) is 33.3 Å². The highest BCUT2D eigenvalue weighted by atomic mass is 31.2. The van der Waals surface area contributed by atoms with Gasteiger partial charge in [-0.25, -0.2) is 9.36 Å². The lowest BCUT2D eigenvalue weighted by molar-refractivity contribution is -0.143. The van der Waals surface area contributed by atoms with Crippen molar-refractivity contribution in [1.29, 1.82) is 0 Å². The van der Waals surface area contributed by atoms with Gasteiger partial charge in [0.1, 0.15) is 11.3 Å². The van der Waals surface area contributed by atoms with Crippen LogP contribution in [0.2, 0.25) is 0 Å². The van der Waals surface area contributed by atoms with Crippen molar-refractivity contribution in [1.82, 2.24) is 14.7 Å². The summed E-state index contributed by atoms with van der Waals surface area (Å²) in [7, 11) is -5.12. The molecule has 0 bridgehead atoms. The lowest BCUT2D eigenvalue weighted by Crippen LogP contribution is -2.46. The lowest BCUT2D eigenvalue weighted by atomic mass is 10.2. The van der Waals surface area contributed by atoms with Crippen LogP contribution < -0.4 is 9.84 Å². The molecule has 43 heavy (non-hydrogen) atoms. The minimum absolute atomic E-state index is 0.0428. The molecule has 0 aliphatic rings. The zero-order chi connectivity index (χ0) is 32.7. The van der Waals surface area contributed by atoms with Crippen LogP contribution in [0.5, 0.6) is 5.75 Å². The highest BCUT2D eigenvalue weighted by molar-refractivity contribution is 7.46. The summed E-state index contributed by atoms with van der Waals surface area (Å²) < 4.78 is 20.7. The van der Waals surface area contributed by atoms with Gasteiger partial charge in [-0.15, -0.1) is 0 Å². The fourth-order valence-corrected chi connectivity index (χ4v) is 4.02. The summed E-state index contributed by atoms with van der Waals surface area (Å²) in [6.45, 7) is -1.96. The molecule has 0 aliphatic heterocycles. The first-order valence-electron chi connectivity index (χ1n) is 12.4. The Morgan fingerprint density at radius 1 is 0.744 bits per heavy atom. The van der Waals surface area contributed by atoms with Gasteiger partial charge in [-0.3, -0.25) is 48.5 Å². The monoisotopic (exact) mass is 636 g/mol. The van der Waals surface area contributed by atoms with Gasteiger partial charge in [-0.05, 0) is 19.1 Å². The van der Waals surface area contributed by atoms with Crippen LogP contribution in [-0.4, -0.2) is 146 Å². The number of nitrogens with one attached hydrogen (secondary N) is 1. The van der Waals surface area contributed by atoms with Gasteiger partial charge in [0.15, 0.2) is 0 Å². The predicted molar refractivity (Wildman–Crippen MR) is 144 cm³/mol. The summed E-state index contributed by atoms with van der Waals surface area (Å²) in [5.41, 5.74) is -0.402. The SMILES string of the molecule is CCOC(=O)c1ccc(NC(=O)CN(CCN(CCN(CC(=O)O)CC(=O)O)CC(=O)O)CC(=O)O)cc1OP(=O)(O)O. The summed E-state index contributed by atoms with van der Waals surface area (Å²) >= 11 is 0. The van der Waals surface area contributed by atoms with Crippen LogP contribution in [0, 0.1) is 0 Å². The van der Waals surface area contributed by atoms with Crippen LogP contribution >= 0.6 is 7.82 Å². The number of carbonyl (C=O) groups is 6. The summed E-state index contributed by atoms with van der Waals surface area (Å²) in [5, 5.41) is 38.8. The molecule has 0 heterocycles. The van der Waals surface area contributed by atoms with E-state index in [1.807, 2.05) is 0 Å². The Kier molecular flexibility index (Phi) is 15.2. The van der Waals surface area contributed by atoms with Gasteiger partial charge in [0, 0.05) is 37.9 Å². The van der Waals surface area contributed by atoms with E-state index in [1.54, 1.807) is 0 Å². The van der Waals surface area contributed by atoms with Gasteiger partial charge in [0.25, 0.3) is 0 Å². The van der Waals surface area contributed by atoms with Crippen molar-refractivity contribution in [2.45, 2.75) is 6.92 Å². The largest absolute Gasteiger partial charge is 0.524 e. The lowest BCUT2D eigenvalue weighted by Gasteiger charge is -2.27. The molecule has 0 aromatic heterocycles. The molecule has 240 valence electrons. The van der Waals surface area contributed by atoms with E-state index in [0.29, 0.717) is 0 Å². The number of carbonyl (C=O) groups excluding carboxylic acids is 2. The van der Waals surface area contributed by atoms with Crippen LogP contribution in [0.15, 0.2) is 18.2 Å². The van der Waals surface area contributed by atoms with Crippen molar-refractivity contribution in [3.63, 3.8) is 0 Å². The van der Waals surface area contributed by atoms with Crippen molar-refractivity contribution in [3.8, 4) is 5.75 Å². The van der Waals surface area contributed by atoms with Gasteiger partial charge in [-0.1, -0.05) is 0 Å². The van der Waals surface area contributed by atoms with E-state index in [9.17, 15) is 53.3 Å².